The zero-order chi connectivity index (χ0) is 13.4. The third-order valence-electron chi connectivity index (χ3n) is 2.68. The highest BCUT2D eigenvalue weighted by Gasteiger charge is 2.34. The summed E-state index contributed by atoms with van der Waals surface area (Å²) in [5.41, 5.74) is 1.29. The van der Waals surface area contributed by atoms with Gasteiger partial charge in [0.15, 0.2) is 0 Å². The number of hydrogen-bond acceptors (Lipinski definition) is 4. The van der Waals surface area contributed by atoms with Crippen molar-refractivity contribution in [2.45, 2.75) is 6.92 Å². The molecular formula is C11H11ClN2O4. The lowest BCUT2D eigenvalue weighted by Gasteiger charge is -2.29. The highest BCUT2D eigenvalue weighted by atomic mass is 35.5. The molecule has 0 saturated heterocycles. The Balaban J connectivity index is 2.72. The van der Waals surface area contributed by atoms with Crippen LogP contribution in [0.2, 0.25) is 5.02 Å². The summed E-state index contributed by atoms with van der Waals surface area (Å²) in [4.78, 5) is 23.4. The van der Waals surface area contributed by atoms with E-state index in [1.165, 1.54) is 7.11 Å². The molecule has 96 valence electrons. The number of anilines is 2. The van der Waals surface area contributed by atoms with E-state index in [-0.39, 0.29) is 17.3 Å². The van der Waals surface area contributed by atoms with Crippen LogP contribution in [0.15, 0.2) is 6.07 Å². The van der Waals surface area contributed by atoms with Crippen molar-refractivity contribution in [3.8, 4) is 5.75 Å². The Hall–Kier alpha value is -1.95. The van der Waals surface area contributed by atoms with E-state index in [2.05, 4.69) is 5.32 Å². The number of halogens is 1. The van der Waals surface area contributed by atoms with Crippen molar-refractivity contribution in [3.05, 3.63) is 16.7 Å². The molecular weight excluding hydrogens is 260 g/mol. The minimum Gasteiger partial charge on any atom is -0.494 e. The van der Waals surface area contributed by atoms with Gasteiger partial charge in [0.05, 0.1) is 18.7 Å². The minimum atomic E-state index is -1.37. The van der Waals surface area contributed by atoms with Crippen molar-refractivity contribution < 1.29 is 19.4 Å². The predicted molar refractivity (Wildman–Crippen MR) is 66.7 cm³/mol. The van der Waals surface area contributed by atoms with Gasteiger partial charge in [0.25, 0.3) is 5.91 Å². The zero-order valence-corrected chi connectivity index (χ0v) is 10.5. The van der Waals surface area contributed by atoms with Crippen LogP contribution < -0.4 is 15.0 Å². The first-order valence-electron chi connectivity index (χ1n) is 5.14. The van der Waals surface area contributed by atoms with Gasteiger partial charge in [-0.15, -0.1) is 0 Å². The Morgan fingerprint density at radius 2 is 2.28 bits per heavy atom. The second-order valence-corrected chi connectivity index (χ2v) is 4.20. The maximum absolute atomic E-state index is 11.6. The van der Waals surface area contributed by atoms with E-state index in [9.17, 15) is 9.59 Å². The molecule has 2 N–H and O–H groups in total. The van der Waals surface area contributed by atoms with Crippen LogP contribution in [0.4, 0.5) is 16.2 Å². The number of fused-ring (bicyclic) bond motifs is 1. The molecule has 2 rings (SSSR count). The summed E-state index contributed by atoms with van der Waals surface area (Å²) in [5.74, 6) is -0.101. The monoisotopic (exact) mass is 270 g/mol. The fraction of sp³-hybridized carbons (Fsp3) is 0.273. The van der Waals surface area contributed by atoms with E-state index in [4.69, 9.17) is 21.4 Å². The predicted octanol–water partition coefficient (Wildman–Crippen LogP) is 2.09. The first-order valence-corrected chi connectivity index (χ1v) is 5.52. The molecule has 0 unspecified atom stereocenters. The Morgan fingerprint density at radius 1 is 1.61 bits per heavy atom. The van der Waals surface area contributed by atoms with Gasteiger partial charge in [-0.2, -0.15) is 0 Å². The van der Waals surface area contributed by atoms with Crippen LogP contribution in [0.25, 0.3) is 0 Å². The Morgan fingerprint density at radius 3 is 2.83 bits per heavy atom. The average Bonchev–Trinajstić information content (AvgIpc) is 2.29. The van der Waals surface area contributed by atoms with Gasteiger partial charge in [-0.05, 0) is 18.6 Å². The third-order valence-corrected chi connectivity index (χ3v) is 2.96. The molecule has 0 aliphatic carbocycles. The zero-order valence-electron chi connectivity index (χ0n) is 9.78. The van der Waals surface area contributed by atoms with Crippen LogP contribution >= 0.6 is 11.6 Å². The molecule has 1 aliphatic heterocycles. The largest absolute Gasteiger partial charge is 0.494 e. The van der Waals surface area contributed by atoms with Crippen molar-refractivity contribution in [2.75, 3.05) is 23.9 Å². The summed E-state index contributed by atoms with van der Waals surface area (Å²) in [7, 11) is 1.47. The molecule has 18 heavy (non-hydrogen) atoms. The number of methoxy groups -OCH3 is 1. The fourth-order valence-corrected chi connectivity index (χ4v) is 2.31. The minimum absolute atomic E-state index is 0.114. The highest BCUT2D eigenvalue weighted by Crippen LogP contribution is 2.44. The summed E-state index contributed by atoms with van der Waals surface area (Å²) in [5, 5.41) is 12.1. The smallest absolute Gasteiger partial charge is 0.418 e. The van der Waals surface area contributed by atoms with Crippen LogP contribution in [0, 0.1) is 6.92 Å². The number of ether oxygens (including phenoxy) is 1. The second-order valence-electron chi connectivity index (χ2n) is 3.80. The van der Waals surface area contributed by atoms with Gasteiger partial charge in [0.2, 0.25) is 0 Å². The number of benzene rings is 1. The Bertz CT molecular complexity index is 544. The fourth-order valence-electron chi connectivity index (χ4n) is 1.96. The van der Waals surface area contributed by atoms with Gasteiger partial charge >= 0.3 is 6.09 Å². The number of nitrogens with one attached hydrogen (secondary N) is 1. The number of rotatable bonds is 1. The normalized spacial score (nSPS) is 13.9. The first-order chi connectivity index (χ1) is 8.47. The summed E-state index contributed by atoms with van der Waals surface area (Å²) in [6.07, 6.45) is -1.37. The Labute approximate surface area is 108 Å². The first kappa shape index (κ1) is 12.5. The quantitative estimate of drug-likeness (QED) is 0.817. The summed E-state index contributed by atoms with van der Waals surface area (Å²) < 4.78 is 5.21. The van der Waals surface area contributed by atoms with Gasteiger partial charge < -0.3 is 15.2 Å². The lowest BCUT2D eigenvalue weighted by molar-refractivity contribution is -0.116. The molecule has 0 spiro atoms. The topological polar surface area (TPSA) is 78.9 Å². The lowest BCUT2D eigenvalue weighted by Crippen LogP contribution is -2.43. The van der Waals surface area contributed by atoms with E-state index in [1.807, 2.05) is 0 Å². The van der Waals surface area contributed by atoms with Gasteiger partial charge in [0, 0.05) is 0 Å². The molecule has 0 radical (unpaired) electrons. The highest BCUT2D eigenvalue weighted by molar-refractivity contribution is 6.37. The molecule has 0 atom stereocenters. The molecule has 0 fully saturated rings. The molecule has 1 heterocycles. The number of hydrogen-bond donors (Lipinski definition) is 2. The van der Waals surface area contributed by atoms with Crippen molar-refractivity contribution in [2.24, 2.45) is 0 Å². The maximum Gasteiger partial charge on any atom is 0.418 e. The third kappa shape index (κ3) is 1.74. The van der Waals surface area contributed by atoms with Gasteiger partial charge in [0.1, 0.15) is 17.1 Å². The van der Waals surface area contributed by atoms with E-state index < -0.39 is 12.0 Å². The van der Waals surface area contributed by atoms with E-state index in [0.717, 1.165) is 5.56 Å². The van der Waals surface area contributed by atoms with Crippen LogP contribution in [0.3, 0.4) is 0 Å². The molecule has 2 amide bonds. The van der Waals surface area contributed by atoms with Crippen molar-refractivity contribution in [3.63, 3.8) is 0 Å². The summed E-state index contributed by atoms with van der Waals surface area (Å²) in [6.45, 7) is 1.67. The van der Waals surface area contributed by atoms with Crippen LogP contribution in [-0.2, 0) is 4.79 Å². The van der Waals surface area contributed by atoms with E-state index >= 15 is 0 Å². The number of imide groups is 1. The number of carbonyl (C=O) groups is 2. The van der Waals surface area contributed by atoms with Gasteiger partial charge in [-0.3, -0.25) is 4.79 Å². The molecule has 6 nitrogen and oxygen atoms in total. The van der Waals surface area contributed by atoms with Crippen molar-refractivity contribution >= 4 is 35.0 Å². The summed E-state index contributed by atoms with van der Waals surface area (Å²) >= 11 is 6.03. The standard InChI is InChI=1S/C11H11ClN2O4/c1-5-3-6(12)9-8(10(5)18-2)13-4-7(15)14(9)11(16)17/h3,13H,4H2,1-2H3,(H,16,17). The molecule has 0 bridgehead atoms. The lowest BCUT2D eigenvalue weighted by atomic mass is 10.1. The summed E-state index contributed by atoms with van der Waals surface area (Å²) in [6, 6.07) is 1.56. The molecule has 1 aromatic carbocycles. The van der Waals surface area contributed by atoms with Crippen LogP contribution in [0.1, 0.15) is 5.56 Å². The number of nitrogens with zero attached hydrogens (tertiary/aromatic N) is 1. The SMILES string of the molecule is COc1c(C)cc(Cl)c2c1NCC(=O)N2C(=O)O. The number of carboxylic acid groups (broad SMARTS) is 1. The van der Waals surface area contributed by atoms with Crippen molar-refractivity contribution in [1.29, 1.82) is 0 Å². The van der Waals surface area contributed by atoms with E-state index in [1.54, 1.807) is 13.0 Å². The average molecular weight is 271 g/mol. The number of amides is 2. The number of carbonyl (C=O) groups excluding carboxylic acids is 1. The maximum atomic E-state index is 11.6. The number of aryl methyl sites for hydroxylation is 1. The second kappa shape index (κ2) is 4.38. The van der Waals surface area contributed by atoms with Gasteiger partial charge in [-0.1, -0.05) is 11.6 Å². The van der Waals surface area contributed by atoms with Crippen molar-refractivity contribution in [1.82, 2.24) is 0 Å². The molecule has 7 heteroatoms. The van der Waals surface area contributed by atoms with Crippen LogP contribution in [0.5, 0.6) is 5.75 Å². The molecule has 1 aliphatic rings. The Kier molecular flexibility index (Phi) is 3.04. The molecule has 0 aromatic heterocycles. The van der Waals surface area contributed by atoms with Crippen LogP contribution in [-0.4, -0.2) is 30.8 Å². The van der Waals surface area contributed by atoms with E-state index in [0.29, 0.717) is 16.3 Å². The molecule has 0 saturated carbocycles. The molecule has 1 aromatic rings. The van der Waals surface area contributed by atoms with Gasteiger partial charge in [-0.25, -0.2) is 9.69 Å².